The number of aromatic nitrogens is 1. The van der Waals surface area contributed by atoms with Gasteiger partial charge in [-0.1, -0.05) is 32.9 Å². The molecular weight excluding hydrogens is 442 g/mol. The van der Waals surface area contributed by atoms with Crippen LogP contribution in [0.15, 0.2) is 36.5 Å². The molecule has 1 aromatic carbocycles. The van der Waals surface area contributed by atoms with E-state index in [0.717, 1.165) is 29.5 Å². The van der Waals surface area contributed by atoms with E-state index < -0.39 is 5.41 Å². The minimum Gasteiger partial charge on any atom is -0.329 e. The van der Waals surface area contributed by atoms with Crippen LogP contribution in [0.4, 0.5) is 11.5 Å². The van der Waals surface area contributed by atoms with Crippen LogP contribution in [0.2, 0.25) is 0 Å². The summed E-state index contributed by atoms with van der Waals surface area (Å²) in [6.45, 7) is 8.45. The molecule has 0 spiro atoms. The number of piperidine rings is 1. The summed E-state index contributed by atoms with van der Waals surface area (Å²) < 4.78 is 0. The fourth-order valence-corrected chi connectivity index (χ4v) is 4.69. The highest BCUT2D eigenvalue weighted by Crippen LogP contribution is 2.26. The number of carbonyl (C=O) groups excluding carboxylic acids is 3. The van der Waals surface area contributed by atoms with Crippen LogP contribution in [-0.2, 0) is 27.2 Å². The van der Waals surface area contributed by atoms with Crippen LogP contribution in [0.5, 0.6) is 0 Å². The van der Waals surface area contributed by atoms with Crippen LogP contribution >= 0.6 is 0 Å². The molecule has 2 atom stereocenters. The Morgan fingerprint density at radius 2 is 1.91 bits per heavy atom. The molecule has 2 aromatic rings. The van der Waals surface area contributed by atoms with E-state index in [4.69, 9.17) is 0 Å². The van der Waals surface area contributed by atoms with Gasteiger partial charge >= 0.3 is 0 Å². The predicted octanol–water partition coefficient (Wildman–Crippen LogP) is 3.12. The Kier molecular flexibility index (Phi) is 7.21. The second kappa shape index (κ2) is 10.2. The number of anilines is 2. The van der Waals surface area contributed by atoms with Crippen LogP contribution in [0.25, 0.3) is 0 Å². The second-order valence-electron chi connectivity index (χ2n) is 10.7. The molecule has 3 heterocycles. The van der Waals surface area contributed by atoms with Gasteiger partial charge in [0.1, 0.15) is 12.4 Å². The first kappa shape index (κ1) is 24.9. The number of fused-ring (bicyclic) bond motifs is 2. The van der Waals surface area contributed by atoms with E-state index in [1.807, 2.05) is 51.1 Å². The van der Waals surface area contributed by atoms with Crippen LogP contribution in [-0.4, -0.2) is 52.8 Å². The lowest BCUT2D eigenvalue weighted by Gasteiger charge is -2.39. The molecule has 1 saturated heterocycles. The molecule has 1 aromatic heterocycles. The summed E-state index contributed by atoms with van der Waals surface area (Å²) >= 11 is 0. The van der Waals surface area contributed by atoms with E-state index in [1.165, 1.54) is 0 Å². The standard InChI is InChI=1S/C27H35N5O3/c1-17-7-10-22(15-29-17)32(26(35)27(2,3)4)16-24(34)30-21-9-8-18-12-19-6-5-11-28-25(19)31-23(33)14-20(18)13-21/h5-6,8-9,11,13,17,22,29H,7,10,12,14-16H2,1-4H3,(H,30,34)(H,28,31,33)/t17-,22-/m0/s1. The number of rotatable bonds is 4. The summed E-state index contributed by atoms with van der Waals surface area (Å²) in [6.07, 6.45) is 4.35. The molecule has 1 fully saturated rings. The van der Waals surface area contributed by atoms with Crippen molar-refractivity contribution in [2.45, 2.75) is 65.5 Å². The first-order chi connectivity index (χ1) is 16.6. The average Bonchev–Trinajstić information content (AvgIpc) is 2.79. The summed E-state index contributed by atoms with van der Waals surface area (Å²) in [6, 6.07) is 9.86. The number of nitrogens with one attached hydrogen (secondary N) is 3. The number of benzene rings is 1. The maximum Gasteiger partial charge on any atom is 0.244 e. The van der Waals surface area contributed by atoms with Crippen molar-refractivity contribution in [2.75, 3.05) is 23.7 Å². The summed E-state index contributed by atoms with van der Waals surface area (Å²) in [7, 11) is 0. The number of amides is 3. The van der Waals surface area contributed by atoms with Crippen molar-refractivity contribution < 1.29 is 14.4 Å². The summed E-state index contributed by atoms with van der Waals surface area (Å²) in [5.74, 6) is 0.174. The van der Waals surface area contributed by atoms with Gasteiger partial charge in [-0.25, -0.2) is 4.98 Å². The first-order valence-electron chi connectivity index (χ1n) is 12.3. The van der Waals surface area contributed by atoms with Crippen molar-refractivity contribution >= 4 is 29.2 Å². The number of pyridine rings is 1. The van der Waals surface area contributed by atoms with Crippen molar-refractivity contribution in [1.82, 2.24) is 15.2 Å². The topological polar surface area (TPSA) is 103 Å². The average molecular weight is 478 g/mol. The van der Waals surface area contributed by atoms with Crippen molar-refractivity contribution in [3.63, 3.8) is 0 Å². The third-order valence-corrected chi connectivity index (χ3v) is 6.66. The quantitative estimate of drug-likeness (QED) is 0.628. The normalized spacial score (nSPS) is 19.9. The van der Waals surface area contributed by atoms with Gasteiger partial charge in [0, 0.05) is 42.3 Å². The fraction of sp³-hybridized carbons (Fsp3) is 0.481. The minimum absolute atomic E-state index is 0.00650. The minimum atomic E-state index is -0.579. The van der Waals surface area contributed by atoms with Crippen LogP contribution < -0.4 is 16.0 Å². The van der Waals surface area contributed by atoms with E-state index in [9.17, 15) is 14.4 Å². The third kappa shape index (κ3) is 6.06. The van der Waals surface area contributed by atoms with Crippen molar-refractivity contribution in [2.24, 2.45) is 5.41 Å². The molecule has 186 valence electrons. The molecule has 0 unspecified atom stereocenters. The molecule has 0 bridgehead atoms. The van der Waals surface area contributed by atoms with Gasteiger partial charge in [0.05, 0.1) is 6.42 Å². The molecule has 8 nitrogen and oxygen atoms in total. The maximum atomic E-state index is 13.2. The molecule has 35 heavy (non-hydrogen) atoms. The van der Waals surface area contributed by atoms with Crippen molar-refractivity contribution in [1.29, 1.82) is 0 Å². The zero-order valence-electron chi connectivity index (χ0n) is 21.0. The molecule has 2 aliphatic heterocycles. The van der Waals surface area contributed by atoms with E-state index in [0.29, 0.717) is 30.5 Å². The largest absolute Gasteiger partial charge is 0.329 e. The lowest BCUT2D eigenvalue weighted by molar-refractivity contribution is -0.144. The van der Waals surface area contributed by atoms with Gasteiger partial charge in [-0.15, -0.1) is 0 Å². The van der Waals surface area contributed by atoms with Gasteiger partial charge in [-0.3, -0.25) is 14.4 Å². The monoisotopic (exact) mass is 477 g/mol. The fourth-order valence-electron chi connectivity index (χ4n) is 4.69. The lowest BCUT2D eigenvalue weighted by Crippen LogP contribution is -2.55. The Hall–Kier alpha value is -3.26. The first-order valence-corrected chi connectivity index (χ1v) is 12.3. The van der Waals surface area contributed by atoms with Crippen LogP contribution in [0, 0.1) is 5.41 Å². The second-order valence-corrected chi connectivity index (χ2v) is 10.7. The van der Waals surface area contributed by atoms with E-state index in [1.54, 1.807) is 11.1 Å². The third-order valence-electron chi connectivity index (χ3n) is 6.66. The highest BCUT2D eigenvalue weighted by molar-refractivity contribution is 5.96. The van der Waals surface area contributed by atoms with Crippen molar-refractivity contribution in [3.8, 4) is 0 Å². The zero-order valence-corrected chi connectivity index (χ0v) is 21.0. The molecule has 8 heteroatoms. The number of carbonyl (C=O) groups is 3. The Morgan fingerprint density at radius 3 is 2.63 bits per heavy atom. The molecular formula is C27H35N5O3. The van der Waals surface area contributed by atoms with E-state index in [2.05, 4.69) is 27.9 Å². The molecule has 0 saturated carbocycles. The Bertz CT molecular complexity index is 1120. The number of nitrogens with zero attached hydrogens (tertiary/aromatic N) is 2. The Balaban J connectivity index is 1.50. The Morgan fingerprint density at radius 1 is 1.11 bits per heavy atom. The summed E-state index contributed by atoms with van der Waals surface area (Å²) in [5.41, 5.74) is 2.88. The van der Waals surface area contributed by atoms with Crippen molar-refractivity contribution in [3.05, 3.63) is 53.2 Å². The SMILES string of the molecule is C[C@H]1CC[C@H](N(CC(=O)Nc2ccc3c(c2)CC(=O)Nc2ncccc2C3)C(=O)C(C)(C)C)CN1. The number of hydrogen-bond acceptors (Lipinski definition) is 5. The Labute approximate surface area is 206 Å². The molecule has 0 radical (unpaired) electrons. The smallest absolute Gasteiger partial charge is 0.244 e. The van der Waals surface area contributed by atoms with Gasteiger partial charge in [0.15, 0.2) is 0 Å². The molecule has 2 aliphatic rings. The highest BCUT2D eigenvalue weighted by atomic mass is 16.2. The molecule has 3 amide bonds. The van der Waals surface area contributed by atoms with Crippen LogP contribution in [0.1, 0.15) is 57.2 Å². The predicted molar refractivity (Wildman–Crippen MR) is 136 cm³/mol. The van der Waals surface area contributed by atoms with Crippen LogP contribution in [0.3, 0.4) is 0 Å². The van der Waals surface area contributed by atoms with Gasteiger partial charge in [0.2, 0.25) is 17.7 Å². The highest BCUT2D eigenvalue weighted by Gasteiger charge is 2.34. The maximum absolute atomic E-state index is 13.2. The summed E-state index contributed by atoms with van der Waals surface area (Å²) in [5, 5.41) is 9.25. The van der Waals surface area contributed by atoms with E-state index >= 15 is 0 Å². The molecule has 3 N–H and O–H groups in total. The van der Waals surface area contributed by atoms with Gasteiger partial charge in [-0.05, 0) is 54.7 Å². The number of hydrogen-bond donors (Lipinski definition) is 3. The van der Waals surface area contributed by atoms with E-state index in [-0.39, 0.29) is 36.7 Å². The van der Waals surface area contributed by atoms with Gasteiger partial charge < -0.3 is 20.9 Å². The zero-order chi connectivity index (χ0) is 25.2. The van der Waals surface area contributed by atoms with Gasteiger partial charge in [-0.2, -0.15) is 0 Å². The lowest BCUT2D eigenvalue weighted by atomic mass is 9.92. The summed E-state index contributed by atoms with van der Waals surface area (Å²) in [4.78, 5) is 44.8. The molecule has 0 aliphatic carbocycles. The van der Waals surface area contributed by atoms with Gasteiger partial charge in [0.25, 0.3) is 0 Å². The molecule has 4 rings (SSSR count).